The fraction of sp³-hybridized carbons (Fsp3) is 0.231. The Hall–Kier alpha value is -2.41. The van der Waals surface area contributed by atoms with Crippen LogP contribution in [-0.4, -0.2) is 23.4 Å². The molecule has 1 amide bonds. The third kappa shape index (κ3) is 5.62. The van der Waals surface area contributed by atoms with Crippen LogP contribution in [0, 0.1) is 10.1 Å². The molecule has 21 heavy (non-hydrogen) atoms. The summed E-state index contributed by atoms with van der Waals surface area (Å²) in [5.74, 6) is -1.24. The van der Waals surface area contributed by atoms with E-state index in [1.807, 2.05) is 0 Å². The highest BCUT2D eigenvalue weighted by Gasteiger charge is 2.14. The van der Waals surface area contributed by atoms with Gasteiger partial charge in [-0.3, -0.25) is 14.9 Å². The molecule has 1 aromatic carbocycles. The van der Waals surface area contributed by atoms with Crippen molar-refractivity contribution >= 4 is 34.9 Å². The lowest BCUT2D eigenvalue weighted by molar-refractivity contribution is -0.384. The molecule has 0 heterocycles. The Labute approximate surface area is 125 Å². The number of benzene rings is 1. The van der Waals surface area contributed by atoms with Gasteiger partial charge in [-0.05, 0) is 26.0 Å². The van der Waals surface area contributed by atoms with Gasteiger partial charge in [0.25, 0.3) is 11.6 Å². The minimum Gasteiger partial charge on any atom is -0.452 e. The predicted octanol–water partition coefficient (Wildman–Crippen LogP) is 2.70. The quantitative estimate of drug-likeness (QED) is 0.390. The number of rotatable bonds is 5. The number of ether oxygens (including phenoxy) is 1. The van der Waals surface area contributed by atoms with Crippen molar-refractivity contribution in [1.82, 2.24) is 0 Å². The van der Waals surface area contributed by atoms with Crippen molar-refractivity contribution in [3.8, 4) is 0 Å². The van der Waals surface area contributed by atoms with Crippen LogP contribution in [-0.2, 0) is 14.3 Å². The Morgan fingerprint density at radius 1 is 1.43 bits per heavy atom. The summed E-state index contributed by atoms with van der Waals surface area (Å²) in [5, 5.41) is 13.0. The van der Waals surface area contributed by atoms with Gasteiger partial charge in [0.05, 0.1) is 4.92 Å². The van der Waals surface area contributed by atoms with E-state index >= 15 is 0 Å². The monoisotopic (exact) mass is 312 g/mol. The lowest BCUT2D eigenvalue weighted by Gasteiger charge is -2.06. The van der Waals surface area contributed by atoms with Gasteiger partial charge in [-0.1, -0.05) is 17.2 Å². The zero-order valence-corrected chi connectivity index (χ0v) is 12.1. The van der Waals surface area contributed by atoms with Gasteiger partial charge in [0.15, 0.2) is 6.61 Å². The van der Waals surface area contributed by atoms with E-state index in [0.29, 0.717) is 0 Å². The van der Waals surface area contributed by atoms with Crippen LogP contribution in [0.4, 0.5) is 11.4 Å². The normalized spacial score (nSPS) is 9.67. The Morgan fingerprint density at radius 2 is 2.10 bits per heavy atom. The first-order valence-corrected chi connectivity index (χ1v) is 6.23. The number of nitrogens with zero attached hydrogens (tertiary/aromatic N) is 1. The number of hydrogen-bond acceptors (Lipinski definition) is 5. The number of carbonyl (C=O) groups is 2. The summed E-state index contributed by atoms with van der Waals surface area (Å²) in [6, 6.07) is 3.83. The first kappa shape index (κ1) is 16.6. The molecule has 1 rings (SSSR count). The van der Waals surface area contributed by atoms with Crippen molar-refractivity contribution in [3.05, 3.63) is 45.0 Å². The fourth-order valence-corrected chi connectivity index (χ4v) is 1.53. The van der Waals surface area contributed by atoms with Gasteiger partial charge in [-0.25, -0.2) is 4.79 Å². The zero-order chi connectivity index (χ0) is 16.0. The molecule has 0 bridgehead atoms. The minimum absolute atomic E-state index is 0.0343. The molecule has 112 valence electrons. The van der Waals surface area contributed by atoms with E-state index < -0.39 is 23.4 Å². The lowest BCUT2D eigenvalue weighted by atomic mass is 10.3. The summed E-state index contributed by atoms with van der Waals surface area (Å²) in [5.41, 5.74) is 0.610. The predicted molar refractivity (Wildman–Crippen MR) is 77.1 cm³/mol. The first-order chi connectivity index (χ1) is 9.79. The third-order valence-corrected chi connectivity index (χ3v) is 2.50. The van der Waals surface area contributed by atoms with E-state index in [9.17, 15) is 19.7 Å². The Bertz CT molecular complexity index is 609. The molecular formula is C13H13ClN2O5. The van der Waals surface area contributed by atoms with Gasteiger partial charge in [0.1, 0.15) is 5.02 Å². The molecule has 0 aromatic heterocycles. The second-order valence-corrected chi connectivity index (χ2v) is 4.71. The van der Waals surface area contributed by atoms with E-state index in [1.165, 1.54) is 18.2 Å². The molecule has 0 atom stereocenters. The van der Waals surface area contributed by atoms with Crippen LogP contribution in [0.3, 0.4) is 0 Å². The van der Waals surface area contributed by atoms with Gasteiger partial charge in [-0.15, -0.1) is 0 Å². The second-order valence-electron chi connectivity index (χ2n) is 4.30. The Morgan fingerprint density at radius 3 is 2.67 bits per heavy atom. The summed E-state index contributed by atoms with van der Waals surface area (Å²) in [6.07, 6.45) is 1.25. The van der Waals surface area contributed by atoms with Crippen LogP contribution in [0.5, 0.6) is 0 Å². The van der Waals surface area contributed by atoms with Crippen LogP contribution >= 0.6 is 11.6 Å². The number of hydrogen-bond donors (Lipinski definition) is 1. The van der Waals surface area contributed by atoms with Crippen LogP contribution in [0.2, 0.25) is 5.02 Å². The molecular weight excluding hydrogens is 300 g/mol. The number of amides is 1. The largest absolute Gasteiger partial charge is 0.452 e. The molecule has 0 saturated carbocycles. The molecule has 0 spiro atoms. The maximum atomic E-state index is 11.6. The zero-order valence-electron chi connectivity index (χ0n) is 11.4. The average Bonchev–Trinajstić information content (AvgIpc) is 2.37. The molecule has 7 nitrogen and oxygen atoms in total. The molecule has 0 saturated heterocycles. The number of halogens is 1. The summed E-state index contributed by atoms with van der Waals surface area (Å²) in [4.78, 5) is 32.8. The van der Waals surface area contributed by atoms with E-state index in [-0.39, 0.29) is 16.4 Å². The molecule has 1 aromatic rings. The first-order valence-electron chi connectivity index (χ1n) is 5.85. The summed E-state index contributed by atoms with van der Waals surface area (Å²) >= 11 is 5.65. The van der Waals surface area contributed by atoms with Crippen LogP contribution in [0.1, 0.15) is 13.8 Å². The SMILES string of the molecule is CC(C)=CC(=O)OCC(=O)Nc1ccc(Cl)c([N+](=O)[O-])c1. The summed E-state index contributed by atoms with van der Waals surface area (Å²) in [6.45, 7) is 2.95. The number of anilines is 1. The maximum absolute atomic E-state index is 11.6. The molecule has 0 unspecified atom stereocenters. The highest BCUT2D eigenvalue weighted by Crippen LogP contribution is 2.27. The third-order valence-electron chi connectivity index (χ3n) is 2.18. The van der Waals surface area contributed by atoms with Gasteiger partial charge in [0.2, 0.25) is 0 Å². The molecule has 0 fully saturated rings. The van der Waals surface area contributed by atoms with Gasteiger partial charge in [0, 0.05) is 17.8 Å². The number of allylic oxidation sites excluding steroid dienone is 1. The number of nitro benzene ring substituents is 1. The molecule has 8 heteroatoms. The maximum Gasteiger partial charge on any atom is 0.331 e. The van der Waals surface area contributed by atoms with Gasteiger partial charge in [-0.2, -0.15) is 0 Å². The van der Waals surface area contributed by atoms with Crippen LogP contribution < -0.4 is 5.32 Å². The van der Waals surface area contributed by atoms with E-state index in [2.05, 4.69) is 5.32 Å². The lowest BCUT2D eigenvalue weighted by Crippen LogP contribution is -2.20. The Kier molecular flexibility index (Phi) is 5.86. The second kappa shape index (κ2) is 7.39. The molecule has 1 N–H and O–H groups in total. The van der Waals surface area contributed by atoms with Crippen LogP contribution in [0.25, 0.3) is 0 Å². The van der Waals surface area contributed by atoms with Gasteiger partial charge >= 0.3 is 5.97 Å². The standard InChI is InChI=1S/C13H13ClN2O5/c1-8(2)5-13(18)21-7-12(17)15-9-3-4-10(14)11(6-9)16(19)20/h3-6H,7H2,1-2H3,(H,15,17). The molecule has 0 aliphatic rings. The van der Waals surface area contributed by atoms with E-state index in [0.717, 1.165) is 11.6 Å². The van der Waals surface area contributed by atoms with Gasteiger partial charge < -0.3 is 10.1 Å². The number of esters is 1. The highest BCUT2D eigenvalue weighted by atomic mass is 35.5. The minimum atomic E-state index is -0.660. The highest BCUT2D eigenvalue weighted by molar-refractivity contribution is 6.32. The fourth-order valence-electron chi connectivity index (χ4n) is 1.34. The molecule has 0 radical (unpaired) electrons. The van der Waals surface area contributed by atoms with Crippen molar-refractivity contribution in [1.29, 1.82) is 0 Å². The summed E-state index contributed by atoms with van der Waals surface area (Å²) < 4.78 is 4.70. The Balaban J connectivity index is 2.63. The van der Waals surface area contributed by atoms with E-state index in [4.69, 9.17) is 16.3 Å². The number of nitrogens with one attached hydrogen (secondary N) is 1. The van der Waals surface area contributed by atoms with Crippen molar-refractivity contribution in [2.24, 2.45) is 0 Å². The van der Waals surface area contributed by atoms with Crippen LogP contribution in [0.15, 0.2) is 29.8 Å². The van der Waals surface area contributed by atoms with Crippen molar-refractivity contribution < 1.29 is 19.2 Å². The molecule has 0 aliphatic carbocycles. The number of nitro groups is 1. The van der Waals surface area contributed by atoms with Crippen molar-refractivity contribution in [2.45, 2.75) is 13.8 Å². The molecule has 0 aliphatic heterocycles. The number of carbonyl (C=O) groups excluding carboxylic acids is 2. The smallest absolute Gasteiger partial charge is 0.331 e. The topological polar surface area (TPSA) is 98.5 Å². The van der Waals surface area contributed by atoms with E-state index in [1.54, 1.807) is 13.8 Å². The summed E-state index contributed by atoms with van der Waals surface area (Å²) in [7, 11) is 0. The average molecular weight is 313 g/mol. The van der Waals surface area contributed by atoms with Crippen molar-refractivity contribution in [3.63, 3.8) is 0 Å². The van der Waals surface area contributed by atoms with Crippen molar-refractivity contribution in [2.75, 3.05) is 11.9 Å².